The first-order valence-corrected chi connectivity index (χ1v) is 10.1. The Kier molecular flexibility index (Phi) is 5.26. The van der Waals surface area contributed by atoms with Crippen molar-refractivity contribution < 1.29 is 9.90 Å². The summed E-state index contributed by atoms with van der Waals surface area (Å²) in [4.78, 5) is 12.0. The van der Waals surface area contributed by atoms with E-state index in [1.165, 1.54) is 0 Å². The van der Waals surface area contributed by atoms with Gasteiger partial charge in [0.1, 0.15) is 0 Å². The molecule has 0 amide bonds. The van der Waals surface area contributed by atoms with Gasteiger partial charge in [-0.2, -0.15) is 0 Å². The average Bonchev–Trinajstić information content (AvgIpc) is 2.74. The number of nitrogens with two attached hydrogens (primary N) is 3. The van der Waals surface area contributed by atoms with Crippen molar-refractivity contribution in [2.24, 2.45) is 0 Å². The molecule has 1 unspecified atom stereocenters. The molecule has 0 saturated carbocycles. The standard InChI is InChI=1S/C26H25N3O2/c27-22-7-1-17(2-8-22)19-13-20(18-3-9-23(28)10-4-18)15-26(14-19,16-25(30)31)21-5-11-24(29)12-6-21/h1-14H,15-16,27-29H2,(H,30,31). The van der Waals surface area contributed by atoms with Crippen LogP contribution in [0.2, 0.25) is 0 Å². The number of rotatable bonds is 5. The Bertz CT molecular complexity index is 1160. The fraction of sp³-hybridized carbons (Fsp3) is 0.115. The topological polar surface area (TPSA) is 115 Å². The second-order valence-electron chi connectivity index (χ2n) is 8.04. The SMILES string of the molecule is Nc1ccc(C2=CC(CC(=O)O)(c3ccc(N)cc3)CC(c3ccc(N)cc3)=C2)cc1. The van der Waals surface area contributed by atoms with Crippen LogP contribution in [0.25, 0.3) is 11.1 Å². The van der Waals surface area contributed by atoms with E-state index >= 15 is 0 Å². The van der Waals surface area contributed by atoms with Crippen molar-refractivity contribution in [3.05, 3.63) is 102 Å². The van der Waals surface area contributed by atoms with Crippen LogP contribution in [0, 0.1) is 0 Å². The molecule has 1 aliphatic carbocycles. The minimum atomic E-state index is -0.858. The molecule has 0 saturated heterocycles. The van der Waals surface area contributed by atoms with E-state index in [-0.39, 0.29) is 6.42 Å². The van der Waals surface area contributed by atoms with Crippen molar-refractivity contribution >= 4 is 34.2 Å². The fourth-order valence-corrected chi connectivity index (χ4v) is 4.18. The molecule has 0 aliphatic heterocycles. The molecule has 0 radical (unpaired) electrons. The van der Waals surface area contributed by atoms with Crippen LogP contribution in [-0.4, -0.2) is 11.1 Å². The van der Waals surface area contributed by atoms with Crippen LogP contribution < -0.4 is 17.2 Å². The van der Waals surface area contributed by atoms with E-state index < -0.39 is 11.4 Å². The smallest absolute Gasteiger partial charge is 0.304 e. The zero-order chi connectivity index (χ0) is 22.0. The molecule has 0 bridgehead atoms. The molecule has 0 spiro atoms. The maximum Gasteiger partial charge on any atom is 0.304 e. The zero-order valence-corrected chi connectivity index (χ0v) is 17.1. The van der Waals surface area contributed by atoms with E-state index in [0.717, 1.165) is 27.8 Å². The minimum absolute atomic E-state index is 0.0400. The van der Waals surface area contributed by atoms with Crippen LogP contribution in [0.3, 0.4) is 0 Å². The highest BCUT2D eigenvalue weighted by Crippen LogP contribution is 2.46. The van der Waals surface area contributed by atoms with E-state index in [1.807, 2.05) is 72.8 Å². The lowest BCUT2D eigenvalue weighted by Crippen LogP contribution is -2.30. The number of benzene rings is 3. The first-order chi connectivity index (χ1) is 14.8. The van der Waals surface area contributed by atoms with Gasteiger partial charge in [-0.05, 0) is 70.7 Å². The Morgan fingerprint density at radius 1 is 0.774 bits per heavy atom. The summed E-state index contributed by atoms with van der Waals surface area (Å²) in [5.41, 5.74) is 23.9. The number of hydrogen-bond acceptors (Lipinski definition) is 4. The third-order valence-electron chi connectivity index (χ3n) is 5.75. The molecule has 0 aromatic heterocycles. The van der Waals surface area contributed by atoms with Crippen LogP contribution >= 0.6 is 0 Å². The molecule has 7 N–H and O–H groups in total. The Hall–Kier alpha value is -3.99. The van der Waals surface area contributed by atoms with Gasteiger partial charge in [-0.25, -0.2) is 0 Å². The van der Waals surface area contributed by atoms with E-state index in [9.17, 15) is 9.90 Å². The lowest BCUT2D eigenvalue weighted by molar-refractivity contribution is -0.138. The molecule has 31 heavy (non-hydrogen) atoms. The number of carbonyl (C=O) groups is 1. The number of carboxylic acids is 1. The third-order valence-corrected chi connectivity index (χ3v) is 5.75. The van der Waals surface area contributed by atoms with Crippen LogP contribution in [0.15, 0.2) is 84.9 Å². The van der Waals surface area contributed by atoms with Gasteiger partial charge in [0.05, 0.1) is 6.42 Å². The molecule has 1 atom stereocenters. The first kappa shape index (κ1) is 20.3. The third kappa shape index (κ3) is 4.31. The molecule has 4 rings (SSSR count). The largest absolute Gasteiger partial charge is 0.481 e. The Labute approximate surface area is 181 Å². The number of carboxylic acid groups (broad SMARTS) is 1. The van der Waals surface area contributed by atoms with Crippen molar-refractivity contribution in [1.29, 1.82) is 0 Å². The molecule has 0 heterocycles. The highest BCUT2D eigenvalue weighted by molar-refractivity contribution is 5.89. The van der Waals surface area contributed by atoms with Crippen molar-refractivity contribution in [2.45, 2.75) is 18.3 Å². The van der Waals surface area contributed by atoms with Gasteiger partial charge in [0, 0.05) is 22.5 Å². The number of anilines is 3. The minimum Gasteiger partial charge on any atom is -0.481 e. The van der Waals surface area contributed by atoms with Gasteiger partial charge in [0.25, 0.3) is 0 Å². The normalized spacial score (nSPS) is 18.2. The van der Waals surface area contributed by atoms with Crippen molar-refractivity contribution in [2.75, 3.05) is 17.2 Å². The van der Waals surface area contributed by atoms with Gasteiger partial charge in [-0.1, -0.05) is 48.6 Å². The van der Waals surface area contributed by atoms with Crippen molar-refractivity contribution in [1.82, 2.24) is 0 Å². The molecule has 3 aromatic rings. The summed E-state index contributed by atoms with van der Waals surface area (Å²) in [7, 11) is 0. The molecule has 5 heteroatoms. The Morgan fingerprint density at radius 3 is 1.77 bits per heavy atom. The molecule has 5 nitrogen and oxygen atoms in total. The summed E-state index contributed by atoms with van der Waals surface area (Å²) in [6.07, 6.45) is 4.70. The highest BCUT2D eigenvalue weighted by atomic mass is 16.4. The quantitative estimate of drug-likeness (QED) is 0.454. The molecular weight excluding hydrogens is 386 g/mol. The van der Waals surface area contributed by atoms with Gasteiger partial charge < -0.3 is 22.3 Å². The molecule has 1 aliphatic rings. The lowest BCUT2D eigenvalue weighted by atomic mass is 9.67. The average molecular weight is 412 g/mol. The molecule has 156 valence electrons. The van der Waals surface area contributed by atoms with Gasteiger partial charge in [0.15, 0.2) is 0 Å². The summed E-state index contributed by atoms with van der Waals surface area (Å²) >= 11 is 0. The molecule has 3 aromatic carbocycles. The maximum absolute atomic E-state index is 12.0. The van der Waals surface area contributed by atoms with Crippen LogP contribution in [0.4, 0.5) is 17.1 Å². The number of allylic oxidation sites excluding steroid dienone is 4. The fourth-order valence-electron chi connectivity index (χ4n) is 4.18. The van der Waals surface area contributed by atoms with E-state index in [4.69, 9.17) is 17.2 Å². The zero-order valence-electron chi connectivity index (χ0n) is 17.1. The van der Waals surface area contributed by atoms with Crippen molar-refractivity contribution in [3.63, 3.8) is 0 Å². The summed E-state index contributed by atoms with van der Waals surface area (Å²) in [6, 6.07) is 22.8. The van der Waals surface area contributed by atoms with Gasteiger partial charge in [-0.15, -0.1) is 0 Å². The number of aliphatic carboxylic acids is 1. The Morgan fingerprint density at radius 2 is 1.26 bits per heavy atom. The van der Waals surface area contributed by atoms with Gasteiger partial charge >= 0.3 is 5.97 Å². The van der Waals surface area contributed by atoms with Crippen LogP contribution in [0.5, 0.6) is 0 Å². The van der Waals surface area contributed by atoms with Gasteiger partial charge in [-0.3, -0.25) is 4.79 Å². The monoisotopic (exact) mass is 411 g/mol. The van der Waals surface area contributed by atoms with Crippen molar-refractivity contribution in [3.8, 4) is 0 Å². The second-order valence-corrected chi connectivity index (χ2v) is 8.04. The van der Waals surface area contributed by atoms with E-state index in [2.05, 4.69) is 12.2 Å². The maximum atomic E-state index is 12.0. The predicted molar refractivity (Wildman–Crippen MR) is 127 cm³/mol. The molecule has 0 fully saturated rings. The summed E-state index contributed by atoms with van der Waals surface area (Å²) in [5.74, 6) is -0.858. The molecular formula is C26H25N3O2. The number of nitrogen functional groups attached to an aromatic ring is 3. The van der Waals surface area contributed by atoms with Crippen LogP contribution in [-0.2, 0) is 10.2 Å². The van der Waals surface area contributed by atoms with Gasteiger partial charge in [0.2, 0.25) is 0 Å². The van der Waals surface area contributed by atoms with E-state index in [1.54, 1.807) is 0 Å². The summed E-state index contributed by atoms with van der Waals surface area (Å²) in [5, 5.41) is 9.83. The lowest BCUT2D eigenvalue weighted by Gasteiger charge is -2.35. The Balaban J connectivity index is 1.91. The first-order valence-electron chi connectivity index (χ1n) is 10.1. The van der Waals surface area contributed by atoms with E-state index in [0.29, 0.717) is 23.5 Å². The highest BCUT2D eigenvalue weighted by Gasteiger charge is 2.37. The summed E-state index contributed by atoms with van der Waals surface area (Å²) < 4.78 is 0. The second kappa shape index (κ2) is 8.03. The predicted octanol–water partition coefficient (Wildman–Crippen LogP) is 4.72. The summed E-state index contributed by atoms with van der Waals surface area (Å²) in [6.45, 7) is 0. The number of hydrogen-bond donors (Lipinski definition) is 4. The van der Waals surface area contributed by atoms with Crippen LogP contribution in [0.1, 0.15) is 29.5 Å².